The highest BCUT2D eigenvalue weighted by molar-refractivity contribution is 5.46. The number of hydrogen-bond donors (Lipinski definition) is 0. The molecule has 0 amide bonds. The number of allylic oxidation sites excluding steroid dienone is 2. The van der Waals surface area contributed by atoms with Gasteiger partial charge in [-0.05, 0) is 66.5 Å². The van der Waals surface area contributed by atoms with Crippen molar-refractivity contribution in [3.8, 4) is 0 Å². The van der Waals surface area contributed by atoms with Gasteiger partial charge in [0, 0.05) is 5.41 Å². The molecule has 20 heavy (non-hydrogen) atoms. The minimum Gasteiger partial charge on any atom is -0.0850 e. The van der Waals surface area contributed by atoms with Gasteiger partial charge in [-0.1, -0.05) is 50.6 Å². The number of hydrogen-bond acceptors (Lipinski definition) is 0. The SMILES string of the molecule is CC(C)(C)c1ccc2c(c1)CCCC21CC2=CCC1C2. The van der Waals surface area contributed by atoms with Crippen LogP contribution in [0, 0.1) is 5.92 Å². The molecule has 3 aliphatic carbocycles. The predicted octanol–water partition coefficient (Wildman–Crippen LogP) is 5.30. The van der Waals surface area contributed by atoms with Crippen molar-refractivity contribution in [1.29, 1.82) is 0 Å². The van der Waals surface area contributed by atoms with E-state index in [4.69, 9.17) is 0 Å². The molecule has 0 nitrogen and oxygen atoms in total. The fraction of sp³-hybridized carbons (Fsp3) is 0.600. The Balaban J connectivity index is 1.81. The molecule has 1 aromatic rings. The van der Waals surface area contributed by atoms with Crippen molar-refractivity contribution in [2.24, 2.45) is 5.92 Å². The maximum Gasteiger partial charge on any atom is 0.00272 e. The minimum atomic E-state index is 0.275. The third-order valence-corrected chi connectivity index (χ3v) is 6.10. The van der Waals surface area contributed by atoms with Gasteiger partial charge >= 0.3 is 0 Å². The van der Waals surface area contributed by atoms with Crippen LogP contribution in [0.25, 0.3) is 0 Å². The van der Waals surface area contributed by atoms with Crippen LogP contribution in [0.1, 0.15) is 69.6 Å². The molecular formula is C20H26. The summed E-state index contributed by atoms with van der Waals surface area (Å²) in [5.41, 5.74) is 7.44. The van der Waals surface area contributed by atoms with E-state index >= 15 is 0 Å². The molecule has 1 aromatic carbocycles. The van der Waals surface area contributed by atoms with E-state index < -0.39 is 0 Å². The topological polar surface area (TPSA) is 0 Å². The van der Waals surface area contributed by atoms with E-state index in [1.807, 2.05) is 0 Å². The van der Waals surface area contributed by atoms with Gasteiger partial charge in [0.1, 0.15) is 0 Å². The molecule has 106 valence electrons. The first kappa shape index (κ1) is 12.7. The summed E-state index contributed by atoms with van der Waals surface area (Å²) in [7, 11) is 0. The molecule has 0 heteroatoms. The van der Waals surface area contributed by atoms with E-state index in [2.05, 4.69) is 45.0 Å². The van der Waals surface area contributed by atoms with Gasteiger partial charge < -0.3 is 0 Å². The zero-order chi connectivity index (χ0) is 14.0. The van der Waals surface area contributed by atoms with E-state index in [0.29, 0.717) is 5.41 Å². The normalized spacial score (nSPS) is 31.6. The van der Waals surface area contributed by atoms with E-state index in [-0.39, 0.29) is 5.41 Å². The van der Waals surface area contributed by atoms with E-state index in [1.54, 1.807) is 16.7 Å². The van der Waals surface area contributed by atoms with Gasteiger partial charge in [0.25, 0.3) is 0 Å². The number of fused-ring (bicyclic) bond motifs is 5. The highest BCUT2D eigenvalue weighted by Gasteiger charge is 2.49. The Hall–Kier alpha value is -1.04. The quantitative estimate of drug-likeness (QED) is 0.559. The molecule has 1 fully saturated rings. The second-order valence-electron chi connectivity index (χ2n) is 8.31. The summed E-state index contributed by atoms with van der Waals surface area (Å²) in [5.74, 6) is 0.914. The lowest BCUT2D eigenvalue weighted by molar-refractivity contribution is 0.269. The lowest BCUT2D eigenvalue weighted by atomic mass is 9.62. The Morgan fingerprint density at radius 3 is 2.70 bits per heavy atom. The summed E-state index contributed by atoms with van der Waals surface area (Å²) < 4.78 is 0. The molecule has 1 saturated carbocycles. The van der Waals surface area contributed by atoms with Crippen LogP contribution in [0.5, 0.6) is 0 Å². The van der Waals surface area contributed by atoms with Crippen molar-refractivity contribution in [3.05, 3.63) is 46.5 Å². The molecule has 0 saturated heterocycles. The van der Waals surface area contributed by atoms with Crippen LogP contribution < -0.4 is 0 Å². The first-order valence-corrected chi connectivity index (χ1v) is 8.31. The number of rotatable bonds is 0. The molecular weight excluding hydrogens is 240 g/mol. The standard InChI is InChI=1S/C20H26/c1-19(2,3)16-8-9-18-15(12-16)5-4-10-20(18)13-14-6-7-17(20)11-14/h6,8-9,12,17H,4-5,7,10-11,13H2,1-3H3. The van der Waals surface area contributed by atoms with Crippen LogP contribution in [-0.4, -0.2) is 0 Å². The molecule has 0 aromatic heterocycles. The number of benzene rings is 1. The maximum absolute atomic E-state index is 2.52. The highest BCUT2D eigenvalue weighted by Crippen LogP contribution is 2.58. The molecule has 0 N–H and O–H groups in total. The van der Waals surface area contributed by atoms with Crippen LogP contribution in [-0.2, 0) is 17.3 Å². The summed E-state index contributed by atoms with van der Waals surface area (Å²) in [4.78, 5) is 0. The predicted molar refractivity (Wildman–Crippen MR) is 85.2 cm³/mol. The van der Waals surface area contributed by atoms with Crippen LogP contribution in [0.4, 0.5) is 0 Å². The largest absolute Gasteiger partial charge is 0.0850 e. The minimum absolute atomic E-state index is 0.275. The monoisotopic (exact) mass is 266 g/mol. The van der Waals surface area contributed by atoms with Gasteiger partial charge in [-0.3, -0.25) is 0 Å². The van der Waals surface area contributed by atoms with E-state index in [9.17, 15) is 0 Å². The van der Waals surface area contributed by atoms with Crippen LogP contribution in [0.15, 0.2) is 29.8 Å². The Kier molecular flexibility index (Phi) is 2.53. The van der Waals surface area contributed by atoms with Gasteiger partial charge in [0.15, 0.2) is 0 Å². The second-order valence-corrected chi connectivity index (χ2v) is 8.31. The molecule has 0 heterocycles. The van der Waals surface area contributed by atoms with Gasteiger partial charge in [0.05, 0.1) is 0 Å². The van der Waals surface area contributed by atoms with Crippen molar-refractivity contribution in [3.63, 3.8) is 0 Å². The van der Waals surface area contributed by atoms with Gasteiger partial charge in [-0.15, -0.1) is 0 Å². The third-order valence-electron chi connectivity index (χ3n) is 6.10. The fourth-order valence-corrected chi connectivity index (χ4v) is 5.00. The summed E-state index contributed by atoms with van der Waals surface area (Å²) >= 11 is 0. The van der Waals surface area contributed by atoms with Gasteiger partial charge in [0.2, 0.25) is 0 Å². The first-order valence-electron chi connectivity index (χ1n) is 8.31. The summed E-state index contributed by atoms with van der Waals surface area (Å²) in [6.45, 7) is 6.99. The van der Waals surface area contributed by atoms with Crippen molar-refractivity contribution in [2.75, 3.05) is 0 Å². The molecule has 4 rings (SSSR count). The molecule has 0 aliphatic heterocycles. The maximum atomic E-state index is 2.52. The average Bonchev–Trinajstić information content (AvgIpc) is 2.98. The summed E-state index contributed by atoms with van der Waals surface area (Å²) in [5, 5.41) is 0. The van der Waals surface area contributed by atoms with Crippen molar-refractivity contribution in [2.45, 2.75) is 70.1 Å². The van der Waals surface area contributed by atoms with Crippen LogP contribution in [0.3, 0.4) is 0 Å². The number of aryl methyl sites for hydroxylation is 1. The lowest BCUT2D eigenvalue weighted by Gasteiger charge is -2.42. The zero-order valence-electron chi connectivity index (χ0n) is 13.1. The molecule has 3 aliphatic rings. The van der Waals surface area contributed by atoms with Crippen LogP contribution >= 0.6 is 0 Å². The molecule has 0 radical (unpaired) electrons. The van der Waals surface area contributed by atoms with E-state index in [1.165, 1.54) is 44.1 Å². The highest BCUT2D eigenvalue weighted by atomic mass is 14.5. The second kappa shape index (κ2) is 4.00. The molecule has 2 unspecified atom stereocenters. The molecule has 2 atom stereocenters. The Bertz CT molecular complexity index is 585. The summed E-state index contributed by atoms with van der Waals surface area (Å²) in [6, 6.07) is 7.43. The van der Waals surface area contributed by atoms with Crippen molar-refractivity contribution < 1.29 is 0 Å². The molecule has 1 spiro atoms. The smallest absolute Gasteiger partial charge is 0.00272 e. The van der Waals surface area contributed by atoms with Crippen molar-refractivity contribution >= 4 is 0 Å². The fourth-order valence-electron chi connectivity index (χ4n) is 5.00. The van der Waals surface area contributed by atoms with Gasteiger partial charge in [-0.2, -0.15) is 0 Å². The Morgan fingerprint density at radius 2 is 2.05 bits per heavy atom. The Labute approximate surface area is 123 Å². The molecule has 2 bridgehead atoms. The van der Waals surface area contributed by atoms with E-state index in [0.717, 1.165) is 5.92 Å². The average molecular weight is 266 g/mol. The van der Waals surface area contributed by atoms with Crippen LogP contribution in [0.2, 0.25) is 0 Å². The zero-order valence-corrected chi connectivity index (χ0v) is 13.1. The first-order chi connectivity index (χ1) is 9.49. The lowest BCUT2D eigenvalue weighted by Crippen LogP contribution is -2.35. The summed E-state index contributed by atoms with van der Waals surface area (Å²) in [6.07, 6.45) is 10.7. The van der Waals surface area contributed by atoms with Gasteiger partial charge in [-0.25, -0.2) is 0 Å². The third kappa shape index (κ3) is 1.66. The Morgan fingerprint density at radius 1 is 1.20 bits per heavy atom. The van der Waals surface area contributed by atoms with Crippen molar-refractivity contribution in [1.82, 2.24) is 0 Å².